The van der Waals surface area contributed by atoms with Crippen molar-refractivity contribution in [3.8, 4) is 0 Å². The van der Waals surface area contributed by atoms with Crippen LogP contribution in [0.5, 0.6) is 0 Å². The molecule has 1 N–H and O–H groups in total. The van der Waals surface area contributed by atoms with Crippen molar-refractivity contribution in [2.75, 3.05) is 51.6 Å². The maximum Gasteiger partial charge on any atom is 0.319 e. The average molecular weight is 309 g/mol. The van der Waals surface area contributed by atoms with Crippen molar-refractivity contribution in [2.24, 2.45) is 0 Å². The Morgan fingerprint density at radius 3 is 2.70 bits per heavy atom. The van der Waals surface area contributed by atoms with Gasteiger partial charge in [-0.15, -0.1) is 0 Å². The quantitative estimate of drug-likeness (QED) is 0.424. The summed E-state index contributed by atoms with van der Waals surface area (Å²) in [5.41, 5.74) is 0. The molecular formula is C12H23NO6S. The van der Waals surface area contributed by atoms with Crippen LogP contribution in [0.4, 0.5) is 0 Å². The fraction of sp³-hybridized carbons (Fsp3) is 0.917. The Balaban J connectivity index is 1.96. The zero-order valence-corrected chi connectivity index (χ0v) is 12.6. The molecule has 8 heteroatoms. The normalized spacial score (nSPS) is 20.9. The summed E-state index contributed by atoms with van der Waals surface area (Å²) in [6.07, 6.45) is 1.19. The summed E-state index contributed by atoms with van der Waals surface area (Å²) in [5.74, 6) is -0.0715. The van der Waals surface area contributed by atoms with E-state index in [-0.39, 0.29) is 30.1 Å². The first-order chi connectivity index (χ1) is 9.53. The van der Waals surface area contributed by atoms with Gasteiger partial charge < -0.3 is 19.5 Å². The Kier molecular flexibility index (Phi) is 8.05. The lowest BCUT2D eigenvalue weighted by Crippen LogP contribution is -2.35. The van der Waals surface area contributed by atoms with Gasteiger partial charge in [-0.3, -0.25) is 4.79 Å². The van der Waals surface area contributed by atoms with E-state index in [0.717, 1.165) is 0 Å². The van der Waals surface area contributed by atoms with Crippen molar-refractivity contribution in [1.29, 1.82) is 0 Å². The van der Waals surface area contributed by atoms with Gasteiger partial charge >= 0.3 is 5.97 Å². The minimum atomic E-state index is -2.92. The highest BCUT2D eigenvalue weighted by Crippen LogP contribution is 2.10. The second-order valence-electron chi connectivity index (χ2n) is 4.66. The average Bonchev–Trinajstić information content (AvgIpc) is 2.75. The molecule has 1 saturated heterocycles. The lowest BCUT2D eigenvalue weighted by molar-refractivity contribution is -0.143. The molecule has 1 aliphatic rings. The molecular weight excluding hydrogens is 286 g/mol. The molecule has 1 heterocycles. The molecule has 118 valence electrons. The topological polar surface area (TPSA) is 90.9 Å². The van der Waals surface area contributed by atoms with Gasteiger partial charge in [0.25, 0.3) is 0 Å². The first-order valence-corrected chi connectivity index (χ1v) is 8.52. The molecule has 0 amide bonds. The van der Waals surface area contributed by atoms with Crippen LogP contribution in [0.15, 0.2) is 0 Å². The molecule has 0 aromatic rings. The van der Waals surface area contributed by atoms with Crippen molar-refractivity contribution in [1.82, 2.24) is 5.32 Å². The van der Waals surface area contributed by atoms with Gasteiger partial charge in [0.15, 0.2) is 9.84 Å². The van der Waals surface area contributed by atoms with E-state index in [9.17, 15) is 13.2 Å². The summed E-state index contributed by atoms with van der Waals surface area (Å²) in [6, 6.07) is -0.134. The second-order valence-corrected chi connectivity index (χ2v) is 6.89. The number of methoxy groups -OCH3 is 1. The maximum atomic E-state index is 11.4. The van der Waals surface area contributed by atoms with E-state index in [1.807, 2.05) is 0 Å². The molecule has 0 aromatic heterocycles. The third-order valence-electron chi connectivity index (χ3n) is 2.90. The number of sulfone groups is 1. The van der Waals surface area contributed by atoms with E-state index in [1.165, 1.54) is 0 Å². The van der Waals surface area contributed by atoms with E-state index < -0.39 is 9.84 Å². The van der Waals surface area contributed by atoms with Crippen molar-refractivity contribution in [3.05, 3.63) is 0 Å². The number of carbonyl (C=O) groups excluding carboxylic acids is 1. The van der Waals surface area contributed by atoms with Crippen molar-refractivity contribution >= 4 is 15.8 Å². The van der Waals surface area contributed by atoms with Gasteiger partial charge in [0.1, 0.15) is 0 Å². The molecule has 0 spiro atoms. The van der Waals surface area contributed by atoms with Crippen LogP contribution in [0.3, 0.4) is 0 Å². The summed E-state index contributed by atoms with van der Waals surface area (Å²) in [6.45, 7) is 1.95. The van der Waals surface area contributed by atoms with Crippen LogP contribution in [0.1, 0.15) is 12.8 Å². The Hall–Kier alpha value is -0.700. The second kappa shape index (κ2) is 9.28. The third-order valence-corrected chi connectivity index (χ3v) is 4.66. The van der Waals surface area contributed by atoms with Gasteiger partial charge in [-0.05, 0) is 6.42 Å². The molecule has 0 aliphatic carbocycles. The highest BCUT2D eigenvalue weighted by molar-refractivity contribution is 7.91. The van der Waals surface area contributed by atoms with Crippen molar-refractivity contribution in [2.45, 2.75) is 18.9 Å². The highest BCUT2D eigenvalue weighted by atomic mass is 32.2. The standard InChI is InChI=1S/C12H23NO6S/c1-17-6-7-18-4-2-5-19-12(14)9-13-11-3-8-20(15,16)10-11/h11,13H,2-10H2,1H3. The Bertz CT molecular complexity index is 383. The lowest BCUT2D eigenvalue weighted by Gasteiger charge is -2.10. The number of ether oxygens (including phenoxy) is 3. The SMILES string of the molecule is COCCOCCCOC(=O)CNC1CCS(=O)(=O)C1. The van der Waals surface area contributed by atoms with Crippen LogP contribution in [0.25, 0.3) is 0 Å². The highest BCUT2D eigenvalue weighted by Gasteiger charge is 2.27. The lowest BCUT2D eigenvalue weighted by atomic mass is 10.3. The van der Waals surface area contributed by atoms with Crippen LogP contribution in [-0.4, -0.2) is 72.0 Å². The molecule has 0 saturated carbocycles. The fourth-order valence-corrected chi connectivity index (χ4v) is 3.53. The molecule has 1 fully saturated rings. The van der Waals surface area contributed by atoms with E-state index in [2.05, 4.69) is 5.32 Å². The predicted octanol–water partition coefficient (Wildman–Crippen LogP) is -0.641. The number of hydrogen-bond acceptors (Lipinski definition) is 7. The monoisotopic (exact) mass is 309 g/mol. The number of hydrogen-bond donors (Lipinski definition) is 1. The molecule has 0 bridgehead atoms. The minimum absolute atomic E-state index is 0.0463. The summed E-state index contributed by atoms with van der Waals surface area (Å²) >= 11 is 0. The smallest absolute Gasteiger partial charge is 0.319 e. The fourth-order valence-electron chi connectivity index (χ4n) is 1.83. The van der Waals surface area contributed by atoms with Gasteiger partial charge in [-0.25, -0.2) is 8.42 Å². The van der Waals surface area contributed by atoms with Crippen LogP contribution < -0.4 is 5.32 Å². The zero-order valence-electron chi connectivity index (χ0n) is 11.8. The number of rotatable bonds is 10. The van der Waals surface area contributed by atoms with Gasteiger partial charge in [0.05, 0.1) is 37.9 Å². The molecule has 1 aliphatic heterocycles. The minimum Gasteiger partial charge on any atom is -0.465 e. The number of carbonyl (C=O) groups is 1. The maximum absolute atomic E-state index is 11.4. The summed E-state index contributed by atoms with van der Waals surface area (Å²) in [7, 11) is -1.31. The summed E-state index contributed by atoms with van der Waals surface area (Å²) in [4.78, 5) is 11.4. The molecule has 1 atom stereocenters. The summed E-state index contributed by atoms with van der Waals surface area (Å²) in [5, 5.41) is 2.90. The summed E-state index contributed by atoms with van der Waals surface area (Å²) < 4.78 is 37.5. The Labute approximate surface area is 119 Å². The Morgan fingerprint density at radius 2 is 2.05 bits per heavy atom. The first-order valence-electron chi connectivity index (χ1n) is 6.69. The van der Waals surface area contributed by atoms with E-state index in [1.54, 1.807) is 7.11 Å². The molecule has 1 rings (SSSR count). The molecule has 0 aromatic carbocycles. The van der Waals surface area contributed by atoms with Crippen LogP contribution in [-0.2, 0) is 28.8 Å². The molecule has 20 heavy (non-hydrogen) atoms. The molecule has 7 nitrogen and oxygen atoms in total. The van der Waals surface area contributed by atoms with Gasteiger partial charge in [0.2, 0.25) is 0 Å². The van der Waals surface area contributed by atoms with Crippen molar-refractivity contribution in [3.63, 3.8) is 0 Å². The third kappa shape index (κ3) is 7.78. The van der Waals surface area contributed by atoms with Crippen molar-refractivity contribution < 1.29 is 27.4 Å². The molecule has 1 unspecified atom stereocenters. The van der Waals surface area contributed by atoms with E-state index in [0.29, 0.717) is 39.3 Å². The van der Waals surface area contributed by atoms with Crippen LogP contribution >= 0.6 is 0 Å². The number of nitrogens with one attached hydrogen (secondary N) is 1. The number of esters is 1. The first kappa shape index (κ1) is 17.4. The van der Waals surface area contributed by atoms with Gasteiger partial charge in [0, 0.05) is 26.2 Å². The van der Waals surface area contributed by atoms with E-state index >= 15 is 0 Å². The van der Waals surface area contributed by atoms with Gasteiger partial charge in [-0.2, -0.15) is 0 Å². The molecule has 0 radical (unpaired) electrons. The van der Waals surface area contributed by atoms with Crippen LogP contribution in [0, 0.1) is 0 Å². The predicted molar refractivity (Wildman–Crippen MR) is 73.3 cm³/mol. The Morgan fingerprint density at radius 1 is 1.25 bits per heavy atom. The zero-order chi connectivity index (χ0) is 14.8. The largest absolute Gasteiger partial charge is 0.465 e. The van der Waals surface area contributed by atoms with Crippen LogP contribution in [0.2, 0.25) is 0 Å². The van der Waals surface area contributed by atoms with E-state index in [4.69, 9.17) is 14.2 Å². The van der Waals surface area contributed by atoms with Gasteiger partial charge in [-0.1, -0.05) is 0 Å².